The zero-order valence-electron chi connectivity index (χ0n) is 13.3. The Kier molecular flexibility index (Phi) is 3.57. The number of hydrogen-bond donors (Lipinski definition) is 0. The largest absolute Gasteiger partial charge is 0.385 e. The van der Waals surface area contributed by atoms with E-state index in [-0.39, 0.29) is 22.9 Å². The van der Waals surface area contributed by atoms with Crippen molar-refractivity contribution in [1.29, 1.82) is 0 Å². The van der Waals surface area contributed by atoms with Gasteiger partial charge in [-0.3, -0.25) is 9.59 Å². The lowest BCUT2D eigenvalue weighted by Crippen LogP contribution is -2.33. The summed E-state index contributed by atoms with van der Waals surface area (Å²) in [4.78, 5) is 41.9. The van der Waals surface area contributed by atoms with E-state index in [1.165, 1.54) is 12.1 Å². The molecule has 1 fully saturated rings. The average Bonchev–Trinajstić information content (AvgIpc) is 3.31. The van der Waals surface area contributed by atoms with Crippen molar-refractivity contribution in [3.63, 3.8) is 0 Å². The number of carbonyl (C=O) groups is 3. The highest BCUT2D eigenvalue weighted by Crippen LogP contribution is 2.24. The van der Waals surface area contributed by atoms with E-state index >= 15 is 0 Å². The van der Waals surface area contributed by atoms with Gasteiger partial charge in [-0.1, -0.05) is 22.4 Å². The average molecular weight is 342 g/mol. The van der Waals surface area contributed by atoms with Gasteiger partial charge < -0.3 is 9.57 Å². The van der Waals surface area contributed by atoms with Crippen molar-refractivity contribution in [2.24, 2.45) is 0 Å². The number of aromatic nitrogens is 3. The van der Waals surface area contributed by atoms with E-state index in [1.807, 2.05) is 0 Å². The summed E-state index contributed by atoms with van der Waals surface area (Å²) in [5.74, 6) is -2.26. The van der Waals surface area contributed by atoms with Gasteiger partial charge in [0.2, 0.25) is 0 Å². The number of ether oxygens (including phenoxy) is 1. The second-order valence-corrected chi connectivity index (χ2v) is 5.81. The molecule has 3 heterocycles. The van der Waals surface area contributed by atoms with E-state index in [9.17, 15) is 14.4 Å². The summed E-state index contributed by atoms with van der Waals surface area (Å²) in [5, 5.41) is 8.27. The summed E-state index contributed by atoms with van der Waals surface area (Å²) in [6.07, 6.45) is 0.775. The predicted octanol–water partition coefficient (Wildman–Crippen LogP) is 0.916. The number of nitrogens with zero attached hydrogens (tertiary/aromatic N) is 4. The minimum Gasteiger partial charge on any atom is -0.379 e. The van der Waals surface area contributed by atoms with Crippen LogP contribution in [0.5, 0.6) is 0 Å². The first kappa shape index (κ1) is 15.5. The number of benzene rings is 1. The molecule has 0 aliphatic carbocycles. The molecule has 1 atom stereocenters. The molecule has 1 aromatic heterocycles. The maximum Gasteiger partial charge on any atom is 0.385 e. The summed E-state index contributed by atoms with van der Waals surface area (Å²) in [5.41, 5.74) is 0.855. The molecule has 1 saturated heterocycles. The van der Waals surface area contributed by atoms with Gasteiger partial charge in [0.25, 0.3) is 11.8 Å². The number of rotatable bonds is 3. The maximum absolute atomic E-state index is 12.4. The minimum atomic E-state index is -0.905. The summed E-state index contributed by atoms with van der Waals surface area (Å²) < 4.78 is 6.91. The van der Waals surface area contributed by atoms with Crippen LogP contribution in [0.15, 0.2) is 24.3 Å². The number of imide groups is 1. The summed E-state index contributed by atoms with van der Waals surface area (Å²) in [7, 11) is 0. The molecule has 25 heavy (non-hydrogen) atoms. The van der Waals surface area contributed by atoms with Crippen molar-refractivity contribution in [2.75, 3.05) is 13.2 Å². The summed E-state index contributed by atoms with van der Waals surface area (Å²) in [6, 6.07) is 6.29. The number of fused-ring (bicyclic) bond motifs is 1. The Morgan fingerprint density at radius 1 is 1.24 bits per heavy atom. The molecule has 1 unspecified atom stereocenters. The second-order valence-electron chi connectivity index (χ2n) is 5.81. The van der Waals surface area contributed by atoms with Crippen LogP contribution in [0.25, 0.3) is 0 Å². The molecule has 2 aliphatic rings. The van der Waals surface area contributed by atoms with Crippen LogP contribution in [0.4, 0.5) is 0 Å². The lowest BCUT2D eigenvalue weighted by atomic mass is 10.1. The molecule has 0 saturated carbocycles. The van der Waals surface area contributed by atoms with Crippen molar-refractivity contribution in [3.8, 4) is 0 Å². The maximum atomic E-state index is 12.4. The van der Waals surface area contributed by atoms with Crippen LogP contribution in [0, 0.1) is 6.92 Å². The Morgan fingerprint density at radius 2 is 1.92 bits per heavy atom. The SMILES string of the molecule is Cc1c(C(=O)ON2C(=O)c3ccccc3C2=O)nnn1C1CCOC1. The minimum absolute atomic E-state index is 0.00774. The van der Waals surface area contributed by atoms with Gasteiger partial charge in [-0.15, -0.1) is 5.10 Å². The van der Waals surface area contributed by atoms with E-state index in [0.717, 1.165) is 6.42 Å². The monoisotopic (exact) mass is 342 g/mol. The van der Waals surface area contributed by atoms with Crippen molar-refractivity contribution >= 4 is 17.8 Å². The van der Waals surface area contributed by atoms with Gasteiger partial charge in [-0.05, 0) is 25.5 Å². The smallest absolute Gasteiger partial charge is 0.379 e. The first-order chi connectivity index (χ1) is 12.1. The normalized spacial score (nSPS) is 19.4. The van der Waals surface area contributed by atoms with Crippen LogP contribution in [0.2, 0.25) is 0 Å². The molecule has 2 amide bonds. The van der Waals surface area contributed by atoms with E-state index in [4.69, 9.17) is 9.57 Å². The van der Waals surface area contributed by atoms with Crippen LogP contribution < -0.4 is 0 Å². The van der Waals surface area contributed by atoms with Crippen LogP contribution in [0.3, 0.4) is 0 Å². The molecule has 9 nitrogen and oxygen atoms in total. The molecule has 4 rings (SSSR count). The van der Waals surface area contributed by atoms with Gasteiger partial charge in [0.15, 0.2) is 5.69 Å². The number of hydroxylamine groups is 2. The quantitative estimate of drug-likeness (QED) is 0.764. The topological polar surface area (TPSA) is 104 Å². The van der Waals surface area contributed by atoms with Crippen molar-refractivity contribution in [2.45, 2.75) is 19.4 Å². The van der Waals surface area contributed by atoms with E-state index in [1.54, 1.807) is 23.7 Å². The Hall–Kier alpha value is -3.07. The van der Waals surface area contributed by atoms with Gasteiger partial charge in [-0.2, -0.15) is 0 Å². The second kappa shape index (κ2) is 5.78. The van der Waals surface area contributed by atoms with E-state index in [2.05, 4.69) is 10.3 Å². The molecular weight excluding hydrogens is 328 g/mol. The first-order valence-corrected chi connectivity index (χ1v) is 7.77. The van der Waals surface area contributed by atoms with Gasteiger partial charge in [0, 0.05) is 6.61 Å². The molecule has 2 aliphatic heterocycles. The van der Waals surface area contributed by atoms with E-state index < -0.39 is 17.8 Å². The standard InChI is InChI=1S/C16H14N4O5/c1-9-13(17-18-19(9)10-6-7-24-8-10)16(23)25-20-14(21)11-4-2-3-5-12(11)15(20)22/h2-5,10H,6-8H2,1H3. The molecular formula is C16H14N4O5. The van der Waals surface area contributed by atoms with Gasteiger partial charge in [-0.25, -0.2) is 9.48 Å². The van der Waals surface area contributed by atoms with Crippen LogP contribution in [0.1, 0.15) is 49.4 Å². The predicted molar refractivity (Wildman–Crippen MR) is 81.6 cm³/mol. The Balaban J connectivity index is 1.55. The van der Waals surface area contributed by atoms with Crippen LogP contribution >= 0.6 is 0 Å². The van der Waals surface area contributed by atoms with Crippen LogP contribution in [-0.4, -0.2) is 51.1 Å². The summed E-state index contributed by atoms with van der Waals surface area (Å²) in [6.45, 7) is 2.80. The van der Waals surface area contributed by atoms with Crippen molar-refractivity contribution < 1.29 is 24.0 Å². The molecule has 0 radical (unpaired) electrons. The fourth-order valence-corrected chi connectivity index (χ4v) is 2.97. The first-order valence-electron chi connectivity index (χ1n) is 7.77. The Labute approximate surface area is 142 Å². The number of amides is 2. The van der Waals surface area contributed by atoms with Crippen LogP contribution in [-0.2, 0) is 9.57 Å². The van der Waals surface area contributed by atoms with Gasteiger partial charge in [0.05, 0.1) is 29.5 Å². The molecule has 0 spiro atoms. The fourth-order valence-electron chi connectivity index (χ4n) is 2.97. The molecule has 0 N–H and O–H groups in total. The lowest BCUT2D eigenvalue weighted by molar-refractivity contribution is -0.0589. The highest BCUT2D eigenvalue weighted by molar-refractivity contribution is 6.21. The van der Waals surface area contributed by atoms with Gasteiger partial charge >= 0.3 is 5.97 Å². The zero-order valence-corrected chi connectivity index (χ0v) is 13.3. The molecule has 2 aromatic rings. The molecule has 9 heteroatoms. The molecule has 0 bridgehead atoms. The third-order valence-corrected chi connectivity index (χ3v) is 4.30. The highest BCUT2D eigenvalue weighted by Gasteiger charge is 2.39. The third kappa shape index (κ3) is 2.40. The molecule has 1 aromatic carbocycles. The zero-order chi connectivity index (χ0) is 17.6. The third-order valence-electron chi connectivity index (χ3n) is 4.30. The fraction of sp³-hybridized carbons (Fsp3) is 0.312. The Bertz CT molecular complexity index is 849. The van der Waals surface area contributed by atoms with Gasteiger partial charge in [0.1, 0.15) is 0 Å². The van der Waals surface area contributed by atoms with E-state index in [0.29, 0.717) is 24.0 Å². The highest BCUT2D eigenvalue weighted by atomic mass is 16.7. The Morgan fingerprint density at radius 3 is 2.52 bits per heavy atom. The number of carbonyl (C=O) groups excluding carboxylic acids is 3. The summed E-state index contributed by atoms with van der Waals surface area (Å²) >= 11 is 0. The number of hydrogen-bond acceptors (Lipinski definition) is 7. The molecule has 128 valence electrons. The van der Waals surface area contributed by atoms with Crippen molar-refractivity contribution in [1.82, 2.24) is 20.1 Å². The lowest BCUT2D eigenvalue weighted by Gasteiger charge is -2.12. The van der Waals surface area contributed by atoms with Crippen molar-refractivity contribution in [3.05, 3.63) is 46.8 Å².